The molecule has 0 aliphatic heterocycles. The summed E-state index contributed by atoms with van der Waals surface area (Å²) in [5.74, 6) is 0. The van der Waals surface area contributed by atoms with Crippen molar-refractivity contribution in [2.45, 2.75) is 0 Å². The van der Waals surface area contributed by atoms with Gasteiger partial charge in [-0.15, -0.1) is 0 Å². The zero-order valence-corrected chi connectivity index (χ0v) is 40.7. The van der Waals surface area contributed by atoms with E-state index in [-0.39, 0.29) is 0 Å². The maximum Gasteiger partial charge on any atom is 0.0819 e. The summed E-state index contributed by atoms with van der Waals surface area (Å²) in [5, 5.41) is 7.02. The summed E-state index contributed by atoms with van der Waals surface area (Å²) in [6.07, 6.45) is 0. The molecule has 5 heterocycles. The highest BCUT2D eigenvalue weighted by Crippen LogP contribution is 2.50. The lowest BCUT2D eigenvalue weighted by molar-refractivity contribution is 1.07. The average Bonchev–Trinajstić information content (AvgIpc) is 4.23. The van der Waals surface area contributed by atoms with Crippen LogP contribution in [0.2, 0.25) is 0 Å². The molecule has 0 aliphatic rings. The molecule has 0 N–H and O–H groups in total. The van der Waals surface area contributed by atoms with E-state index in [9.17, 15) is 0 Å². The van der Waals surface area contributed by atoms with Gasteiger partial charge in [-0.05, 0) is 83.9 Å². The van der Waals surface area contributed by atoms with Gasteiger partial charge in [0.2, 0.25) is 0 Å². The SMILES string of the molecule is c1ccc(-c2ccc3c(c2)c2ccccc2n3-c2c(-c3cccc(-c4ccccc4)n3)cc(-n3c4ccccc4c4ccccc43)c(-n3c4ccccc4c4ccccc43)c2-c2cccc(-c3ccccc3)n2)cc1. The van der Waals surface area contributed by atoms with Gasteiger partial charge in [0.05, 0.1) is 78.5 Å². The van der Waals surface area contributed by atoms with Crippen molar-refractivity contribution in [1.82, 2.24) is 23.7 Å². The summed E-state index contributed by atoms with van der Waals surface area (Å²) in [6.45, 7) is 0. The lowest BCUT2D eigenvalue weighted by atomic mass is 9.95. The third-order valence-electron chi connectivity index (χ3n) is 15.0. The zero-order chi connectivity index (χ0) is 49.4. The summed E-state index contributed by atoms with van der Waals surface area (Å²) in [7, 11) is 0. The first kappa shape index (κ1) is 42.6. The maximum atomic E-state index is 5.82. The third-order valence-corrected chi connectivity index (χ3v) is 15.0. The lowest BCUT2D eigenvalue weighted by Gasteiger charge is -2.27. The smallest absolute Gasteiger partial charge is 0.0819 e. The molecule has 0 atom stereocenters. The van der Waals surface area contributed by atoms with Crippen LogP contribution in [0.3, 0.4) is 0 Å². The van der Waals surface area contributed by atoms with E-state index in [0.29, 0.717) is 0 Å². The Morgan fingerprint density at radius 2 is 0.600 bits per heavy atom. The molecule has 350 valence electrons. The molecule has 10 aromatic carbocycles. The topological polar surface area (TPSA) is 40.6 Å². The minimum Gasteiger partial charge on any atom is -0.308 e. The number of hydrogen-bond acceptors (Lipinski definition) is 2. The van der Waals surface area contributed by atoms with Gasteiger partial charge >= 0.3 is 0 Å². The predicted octanol–water partition coefficient (Wildman–Crippen LogP) is 18.1. The molecule has 0 radical (unpaired) electrons. The molecule has 15 aromatic rings. The Kier molecular flexibility index (Phi) is 9.82. The molecule has 0 saturated heterocycles. The van der Waals surface area contributed by atoms with E-state index in [4.69, 9.17) is 9.97 Å². The number of hydrogen-bond donors (Lipinski definition) is 0. The zero-order valence-electron chi connectivity index (χ0n) is 40.7. The molecule has 5 aromatic heterocycles. The molecule has 0 unspecified atom stereocenters. The number of aromatic nitrogens is 5. The monoisotopic (exact) mass is 955 g/mol. The molecule has 0 aliphatic carbocycles. The molecule has 0 spiro atoms. The van der Waals surface area contributed by atoms with Gasteiger partial charge in [-0.1, -0.05) is 200 Å². The van der Waals surface area contributed by atoms with E-state index >= 15 is 0 Å². The van der Waals surface area contributed by atoms with Gasteiger partial charge in [-0.25, -0.2) is 9.97 Å². The number of para-hydroxylation sites is 5. The van der Waals surface area contributed by atoms with Crippen LogP contribution in [0, 0.1) is 0 Å². The van der Waals surface area contributed by atoms with Crippen molar-refractivity contribution in [3.63, 3.8) is 0 Å². The van der Waals surface area contributed by atoms with Gasteiger partial charge < -0.3 is 13.7 Å². The van der Waals surface area contributed by atoms with Crippen LogP contribution in [0.1, 0.15) is 0 Å². The highest BCUT2D eigenvalue weighted by molar-refractivity contribution is 6.15. The van der Waals surface area contributed by atoms with E-state index < -0.39 is 0 Å². The van der Waals surface area contributed by atoms with Crippen molar-refractivity contribution >= 4 is 65.4 Å². The lowest BCUT2D eigenvalue weighted by Crippen LogP contribution is -2.12. The molecule has 5 nitrogen and oxygen atoms in total. The minimum atomic E-state index is 0.832. The van der Waals surface area contributed by atoms with Crippen LogP contribution in [0.4, 0.5) is 0 Å². The van der Waals surface area contributed by atoms with Crippen molar-refractivity contribution in [2.24, 2.45) is 0 Å². The number of nitrogens with zero attached hydrogens (tertiary/aromatic N) is 5. The van der Waals surface area contributed by atoms with Crippen LogP contribution in [0.25, 0.3) is 139 Å². The molecular formula is C70H45N5. The first-order chi connectivity index (χ1) is 37.2. The van der Waals surface area contributed by atoms with Gasteiger partial charge in [0, 0.05) is 49.0 Å². The summed E-state index contributed by atoms with van der Waals surface area (Å²) in [6, 6.07) is 98.3. The van der Waals surface area contributed by atoms with E-state index in [1.54, 1.807) is 0 Å². The van der Waals surface area contributed by atoms with E-state index in [1.165, 1.54) is 27.1 Å². The van der Waals surface area contributed by atoms with Crippen molar-refractivity contribution in [1.29, 1.82) is 0 Å². The van der Waals surface area contributed by atoms with E-state index in [1.807, 2.05) is 0 Å². The largest absolute Gasteiger partial charge is 0.308 e. The Morgan fingerprint density at radius 3 is 1.11 bits per heavy atom. The summed E-state index contributed by atoms with van der Waals surface area (Å²) in [4.78, 5) is 11.5. The Labute approximate surface area is 433 Å². The van der Waals surface area contributed by atoms with Crippen LogP contribution in [0.5, 0.6) is 0 Å². The second-order valence-electron chi connectivity index (χ2n) is 19.3. The van der Waals surface area contributed by atoms with Crippen LogP contribution in [-0.2, 0) is 0 Å². The van der Waals surface area contributed by atoms with E-state index in [2.05, 4.69) is 287 Å². The van der Waals surface area contributed by atoms with Gasteiger partial charge in [0.1, 0.15) is 0 Å². The van der Waals surface area contributed by atoms with Crippen LogP contribution in [0.15, 0.2) is 273 Å². The molecule has 0 saturated carbocycles. The predicted molar refractivity (Wildman–Crippen MR) is 312 cm³/mol. The highest BCUT2D eigenvalue weighted by atomic mass is 15.1. The first-order valence-corrected chi connectivity index (χ1v) is 25.6. The van der Waals surface area contributed by atoms with Crippen LogP contribution in [-0.4, -0.2) is 23.7 Å². The second-order valence-corrected chi connectivity index (χ2v) is 19.3. The Bertz CT molecular complexity index is 4590. The van der Waals surface area contributed by atoms with Gasteiger partial charge in [0.15, 0.2) is 0 Å². The average molecular weight is 956 g/mol. The van der Waals surface area contributed by atoms with Gasteiger partial charge in [-0.2, -0.15) is 0 Å². The van der Waals surface area contributed by atoms with Crippen molar-refractivity contribution in [2.75, 3.05) is 0 Å². The van der Waals surface area contributed by atoms with Crippen LogP contribution >= 0.6 is 0 Å². The van der Waals surface area contributed by atoms with Gasteiger partial charge in [-0.3, -0.25) is 0 Å². The Morgan fingerprint density at radius 1 is 0.227 bits per heavy atom. The Balaban J connectivity index is 1.21. The highest BCUT2D eigenvalue weighted by Gasteiger charge is 2.31. The van der Waals surface area contributed by atoms with Crippen molar-refractivity contribution in [3.05, 3.63) is 273 Å². The summed E-state index contributed by atoms with van der Waals surface area (Å²) in [5.41, 5.74) is 19.3. The second kappa shape index (κ2) is 17.3. The number of benzene rings is 10. The van der Waals surface area contributed by atoms with Gasteiger partial charge in [0.25, 0.3) is 0 Å². The number of pyridine rings is 2. The van der Waals surface area contributed by atoms with Crippen molar-refractivity contribution < 1.29 is 0 Å². The fraction of sp³-hybridized carbons (Fsp3) is 0. The molecular weight excluding hydrogens is 911 g/mol. The molecule has 0 bridgehead atoms. The number of fused-ring (bicyclic) bond motifs is 9. The first-order valence-electron chi connectivity index (χ1n) is 25.6. The molecule has 0 amide bonds. The Hall–Kier alpha value is -10.1. The quantitative estimate of drug-likeness (QED) is 0.152. The summed E-state index contributed by atoms with van der Waals surface area (Å²) >= 11 is 0. The molecule has 5 heteroatoms. The van der Waals surface area contributed by atoms with Crippen molar-refractivity contribution in [3.8, 4) is 73.2 Å². The normalized spacial score (nSPS) is 11.7. The summed E-state index contributed by atoms with van der Waals surface area (Å²) < 4.78 is 7.50. The third kappa shape index (κ3) is 6.79. The molecule has 0 fully saturated rings. The fourth-order valence-electron chi connectivity index (χ4n) is 11.8. The van der Waals surface area contributed by atoms with Crippen LogP contribution < -0.4 is 0 Å². The number of rotatable bonds is 8. The molecule has 75 heavy (non-hydrogen) atoms. The van der Waals surface area contributed by atoms with E-state index in [0.717, 1.165) is 112 Å². The standard InChI is InChI=1S/C70H45N5/c1-4-22-46(23-5-1)49-42-43-66-55(44-49)54-32-14-19-41-65(54)74(66)69-56(59-35-20-33-57(71-59)47-24-6-2-7-25-47)45-67(73-61-37-15-10-28-50(61)51-29-11-16-38-62(51)73)70(68(69)60-36-21-34-58(72-60)48-26-8-3-9-27-48)75-63-39-17-12-30-52(63)53-31-13-18-40-64(53)75/h1-45H. The maximum absolute atomic E-state index is 5.82. The molecule has 15 rings (SSSR count). The minimum absolute atomic E-state index is 0.832. The fourth-order valence-corrected chi connectivity index (χ4v) is 11.8.